The number of carbonyl (C=O) groups is 2. The summed E-state index contributed by atoms with van der Waals surface area (Å²) in [5, 5.41) is 8.86. The highest BCUT2D eigenvalue weighted by atomic mass is 16.4. The summed E-state index contributed by atoms with van der Waals surface area (Å²) in [6, 6.07) is -0.195. The Morgan fingerprint density at radius 1 is 1.35 bits per heavy atom. The van der Waals surface area contributed by atoms with Crippen LogP contribution in [0.3, 0.4) is 0 Å². The topological polar surface area (TPSA) is 60.9 Å². The molecule has 0 radical (unpaired) electrons. The first-order valence-corrected chi connectivity index (χ1v) is 7.12. The van der Waals surface area contributed by atoms with E-state index in [4.69, 9.17) is 5.11 Å². The molecule has 0 aromatic carbocycles. The zero-order chi connectivity index (χ0) is 15.3. The summed E-state index contributed by atoms with van der Waals surface area (Å²) in [6.45, 7) is 11.7. The van der Waals surface area contributed by atoms with Crippen LogP contribution in [0.15, 0.2) is 12.7 Å². The molecule has 1 heterocycles. The number of piperidine rings is 1. The number of hydrogen-bond donors (Lipinski definition) is 1. The minimum Gasteiger partial charge on any atom is -0.480 e. The summed E-state index contributed by atoms with van der Waals surface area (Å²) < 4.78 is 0. The third-order valence-corrected chi connectivity index (χ3v) is 3.94. The number of likely N-dealkylation sites (tertiary alicyclic amines) is 1. The van der Waals surface area contributed by atoms with Crippen molar-refractivity contribution < 1.29 is 14.7 Å². The van der Waals surface area contributed by atoms with Crippen LogP contribution in [0.5, 0.6) is 0 Å². The number of carbonyl (C=O) groups excluding carboxylic acids is 1. The van der Waals surface area contributed by atoms with E-state index in [9.17, 15) is 9.59 Å². The van der Waals surface area contributed by atoms with Crippen molar-refractivity contribution in [3.8, 4) is 0 Å². The van der Waals surface area contributed by atoms with Gasteiger partial charge in [-0.15, -0.1) is 6.58 Å². The maximum absolute atomic E-state index is 12.3. The number of urea groups is 1. The highest BCUT2D eigenvalue weighted by molar-refractivity contribution is 5.80. The predicted molar refractivity (Wildman–Crippen MR) is 78.6 cm³/mol. The standard InChI is InChI=1S/C15H26N2O3/c1-5-8-17(11-13(18)19)14(20)16-9-6-12(7-10-16)15(2,3)4/h5,12H,1,6-11H2,2-4H3,(H,18,19). The van der Waals surface area contributed by atoms with Gasteiger partial charge in [0.1, 0.15) is 6.54 Å². The SMILES string of the molecule is C=CCN(CC(=O)O)C(=O)N1CCC(C(C)(C)C)CC1. The number of amides is 2. The molecule has 1 aliphatic rings. The van der Waals surface area contributed by atoms with Crippen LogP contribution in [0.25, 0.3) is 0 Å². The normalized spacial score (nSPS) is 16.9. The van der Waals surface area contributed by atoms with Gasteiger partial charge >= 0.3 is 12.0 Å². The Morgan fingerprint density at radius 2 is 1.90 bits per heavy atom. The molecular weight excluding hydrogens is 256 g/mol. The van der Waals surface area contributed by atoms with Crippen molar-refractivity contribution in [1.82, 2.24) is 9.80 Å². The van der Waals surface area contributed by atoms with E-state index in [-0.39, 0.29) is 24.5 Å². The van der Waals surface area contributed by atoms with Crippen LogP contribution in [0.1, 0.15) is 33.6 Å². The predicted octanol–water partition coefficient (Wildman–Crippen LogP) is 2.44. The van der Waals surface area contributed by atoms with Crippen molar-refractivity contribution in [2.45, 2.75) is 33.6 Å². The Morgan fingerprint density at radius 3 is 2.30 bits per heavy atom. The second kappa shape index (κ2) is 6.77. The smallest absolute Gasteiger partial charge is 0.323 e. The molecule has 0 spiro atoms. The number of rotatable bonds is 4. The lowest BCUT2D eigenvalue weighted by Gasteiger charge is -2.40. The molecule has 1 aliphatic heterocycles. The van der Waals surface area contributed by atoms with Crippen LogP contribution in [0.4, 0.5) is 4.79 Å². The molecule has 1 N–H and O–H groups in total. The average molecular weight is 282 g/mol. The quantitative estimate of drug-likeness (QED) is 0.806. The maximum atomic E-state index is 12.3. The molecule has 0 bridgehead atoms. The van der Waals surface area contributed by atoms with Gasteiger partial charge in [0.25, 0.3) is 0 Å². The fraction of sp³-hybridized carbons (Fsp3) is 0.733. The van der Waals surface area contributed by atoms with Crippen LogP contribution < -0.4 is 0 Å². The van der Waals surface area contributed by atoms with Gasteiger partial charge < -0.3 is 14.9 Å². The summed E-state index contributed by atoms with van der Waals surface area (Å²) in [7, 11) is 0. The van der Waals surface area contributed by atoms with Crippen molar-refractivity contribution >= 4 is 12.0 Å². The molecule has 0 aromatic heterocycles. The summed E-state index contributed by atoms with van der Waals surface area (Å²) >= 11 is 0. The van der Waals surface area contributed by atoms with Gasteiger partial charge in [-0.1, -0.05) is 26.8 Å². The zero-order valence-electron chi connectivity index (χ0n) is 12.8. The van der Waals surface area contributed by atoms with E-state index in [2.05, 4.69) is 27.4 Å². The first-order chi connectivity index (χ1) is 9.25. The highest BCUT2D eigenvalue weighted by Gasteiger charge is 2.32. The first kappa shape index (κ1) is 16.5. The maximum Gasteiger partial charge on any atom is 0.323 e. The van der Waals surface area contributed by atoms with E-state index in [1.807, 2.05) is 0 Å². The molecule has 5 heteroatoms. The van der Waals surface area contributed by atoms with Crippen molar-refractivity contribution in [3.05, 3.63) is 12.7 Å². The van der Waals surface area contributed by atoms with Crippen molar-refractivity contribution in [3.63, 3.8) is 0 Å². The summed E-state index contributed by atoms with van der Waals surface area (Å²) in [5.41, 5.74) is 0.261. The summed E-state index contributed by atoms with van der Waals surface area (Å²) in [4.78, 5) is 26.2. The van der Waals surface area contributed by atoms with Crippen molar-refractivity contribution in [2.24, 2.45) is 11.3 Å². The summed E-state index contributed by atoms with van der Waals surface area (Å²) in [5.74, 6) is -0.386. The average Bonchev–Trinajstić information content (AvgIpc) is 2.36. The fourth-order valence-electron chi connectivity index (χ4n) is 2.67. The molecule has 1 rings (SSSR count). The third kappa shape index (κ3) is 4.54. The number of carboxylic acid groups (broad SMARTS) is 1. The molecule has 1 saturated heterocycles. The molecule has 20 heavy (non-hydrogen) atoms. The van der Waals surface area contributed by atoms with Crippen molar-refractivity contribution in [1.29, 1.82) is 0 Å². The molecule has 0 aliphatic carbocycles. The number of carboxylic acids is 1. The minimum absolute atomic E-state index is 0.195. The fourth-order valence-corrected chi connectivity index (χ4v) is 2.67. The lowest BCUT2D eigenvalue weighted by Crippen LogP contribution is -2.49. The number of nitrogens with zero attached hydrogens (tertiary/aromatic N) is 2. The van der Waals surface area contributed by atoms with Gasteiger partial charge in [0, 0.05) is 19.6 Å². The molecule has 1 fully saturated rings. The molecular formula is C15H26N2O3. The zero-order valence-corrected chi connectivity index (χ0v) is 12.8. The lowest BCUT2D eigenvalue weighted by molar-refractivity contribution is -0.137. The molecule has 5 nitrogen and oxygen atoms in total. The van der Waals surface area contributed by atoms with Crippen LogP contribution in [-0.4, -0.2) is 53.1 Å². The Hall–Kier alpha value is -1.52. The molecule has 114 valence electrons. The molecule has 0 atom stereocenters. The Labute approximate surface area is 121 Å². The second-order valence-electron chi connectivity index (χ2n) is 6.47. The van der Waals surface area contributed by atoms with Gasteiger partial charge in [-0.2, -0.15) is 0 Å². The van der Waals surface area contributed by atoms with Gasteiger partial charge in [0.05, 0.1) is 0 Å². The Balaban J connectivity index is 2.60. The number of hydrogen-bond acceptors (Lipinski definition) is 2. The molecule has 0 saturated carbocycles. The second-order valence-corrected chi connectivity index (χ2v) is 6.47. The largest absolute Gasteiger partial charge is 0.480 e. The van der Waals surface area contributed by atoms with Gasteiger partial charge in [-0.25, -0.2) is 4.79 Å². The van der Waals surface area contributed by atoms with E-state index >= 15 is 0 Å². The van der Waals surface area contributed by atoms with E-state index in [0.29, 0.717) is 19.0 Å². The van der Waals surface area contributed by atoms with Gasteiger partial charge in [0.2, 0.25) is 0 Å². The summed E-state index contributed by atoms with van der Waals surface area (Å²) in [6.07, 6.45) is 3.51. The first-order valence-electron chi connectivity index (χ1n) is 7.12. The van der Waals surface area contributed by atoms with Gasteiger partial charge in [0.15, 0.2) is 0 Å². The molecule has 0 unspecified atom stereocenters. The minimum atomic E-state index is -0.996. The Kier molecular flexibility index (Phi) is 5.60. The van der Waals surface area contributed by atoms with Gasteiger partial charge in [-0.3, -0.25) is 4.79 Å². The molecule has 0 aromatic rings. The monoisotopic (exact) mass is 282 g/mol. The number of aliphatic carboxylic acids is 1. The van der Waals surface area contributed by atoms with Crippen LogP contribution in [-0.2, 0) is 4.79 Å². The lowest BCUT2D eigenvalue weighted by atomic mass is 9.75. The van der Waals surface area contributed by atoms with E-state index in [1.165, 1.54) is 4.90 Å². The van der Waals surface area contributed by atoms with Crippen molar-refractivity contribution in [2.75, 3.05) is 26.2 Å². The Bertz CT molecular complexity index is 366. The van der Waals surface area contributed by atoms with E-state index in [0.717, 1.165) is 12.8 Å². The van der Waals surface area contributed by atoms with Crippen LogP contribution in [0, 0.1) is 11.3 Å². The van der Waals surface area contributed by atoms with Gasteiger partial charge in [-0.05, 0) is 24.2 Å². The van der Waals surface area contributed by atoms with E-state index in [1.54, 1.807) is 11.0 Å². The van der Waals surface area contributed by atoms with E-state index < -0.39 is 5.97 Å². The van der Waals surface area contributed by atoms with Crippen LogP contribution >= 0.6 is 0 Å². The van der Waals surface area contributed by atoms with Crippen LogP contribution in [0.2, 0.25) is 0 Å². The molecule has 2 amide bonds. The third-order valence-electron chi connectivity index (χ3n) is 3.94. The highest BCUT2D eigenvalue weighted by Crippen LogP contribution is 2.34.